The van der Waals surface area contributed by atoms with E-state index in [0.717, 1.165) is 30.5 Å². The summed E-state index contributed by atoms with van der Waals surface area (Å²) in [6, 6.07) is 2.99. The number of carbonyl (C=O) groups excluding carboxylic acids is 2. The van der Waals surface area contributed by atoms with Crippen LogP contribution >= 0.6 is 0 Å². The Kier molecular flexibility index (Phi) is 6.26. The van der Waals surface area contributed by atoms with Crippen LogP contribution in [-0.4, -0.2) is 49.5 Å². The van der Waals surface area contributed by atoms with Crippen molar-refractivity contribution < 1.29 is 23.8 Å². The molecule has 2 aromatic rings. The van der Waals surface area contributed by atoms with Crippen molar-refractivity contribution in [2.75, 3.05) is 27.9 Å². The van der Waals surface area contributed by atoms with Crippen molar-refractivity contribution in [1.29, 1.82) is 0 Å². The first kappa shape index (κ1) is 20.5. The first-order valence-electron chi connectivity index (χ1n) is 9.36. The molecule has 0 aliphatic heterocycles. The SMILES string of the molecule is COc1cc(C(=O)NCC(=O)NC2CCCc3c2cnn3C)cc(OC)c1OC. The van der Waals surface area contributed by atoms with Gasteiger partial charge in [-0.25, -0.2) is 0 Å². The molecule has 1 aliphatic rings. The highest BCUT2D eigenvalue weighted by Crippen LogP contribution is 2.38. The van der Waals surface area contributed by atoms with E-state index in [1.54, 1.807) is 6.20 Å². The van der Waals surface area contributed by atoms with Gasteiger partial charge >= 0.3 is 0 Å². The fraction of sp³-hybridized carbons (Fsp3) is 0.450. The molecule has 0 bridgehead atoms. The largest absolute Gasteiger partial charge is 0.493 e. The smallest absolute Gasteiger partial charge is 0.251 e. The number of nitrogens with one attached hydrogen (secondary N) is 2. The van der Waals surface area contributed by atoms with Crippen LogP contribution in [-0.2, 0) is 18.3 Å². The molecule has 0 radical (unpaired) electrons. The molecular weight excluding hydrogens is 376 g/mol. The second kappa shape index (κ2) is 8.85. The summed E-state index contributed by atoms with van der Waals surface area (Å²) in [5.41, 5.74) is 2.49. The highest BCUT2D eigenvalue weighted by atomic mass is 16.5. The van der Waals surface area contributed by atoms with Crippen LogP contribution in [0.25, 0.3) is 0 Å². The van der Waals surface area contributed by atoms with Gasteiger partial charge in [-0.05, 0) is 31.4 Å². The summed E-state index contributed by atoms with van der Waals surface area (Å²) in [6.07, 6.45) is 4.59. The first-order chi connectivity index (χ1) is 14.0. The lowest BCUT2D eigenvalue weighted by Crippen LogP contribution is -2.39. The zero-order valence-electron chi connectivity index (χ0n) is 17.1. The number of hydrogen-bond donors (Lipinski definition) is 2. The molecule has 0 saturated carbocycles. The molecule has 0 fully saturated rings. The van der Waals surface area contributed by atoms with Gasteiger partial charge in [0.1, 0.15) is 0 Å². The second-order valence-electron chi connectivity index (χ2n) is 6.78. The van der Waals surface area contributed by atoms with Gasteiger partial charge in [0.2, 0.25) is 11.7 Å². The summed E-state index contributed by atoms with van der Waals surface area (Å²) >= 11 is 0. The molecule has 29 heavy (non-hydrogen) atoms. The molecule has 1 aliphatic carbocycles. The van der Waals surface area contributed by atoms with E-state index in [9.17, 15) is 9.59 Å². The Morgan fingerprint density at radius 3 is 2.48 bits per heavy atom. The fourth-order valence-corrected chi connectivity index (χ4v) is 3.58. The minimum atomic E-state index is -0.412. The van der Waals surface area contributed by atoms with Crippen LogP contribution in [0.4, 0.5) is 0 Å². The molecule has 9 heteroatoms. The monoisotopic (exact) mass is 402 g/mol. The quantitative estimate of drug-likeness (QED) is 0.725. The maximum atomic E-state index is 12.5. The molecular formula is C20H26N4O5. The number of rotatable bonds is 7. The number of ether oxygens (including phenoxy) is 3. The van der Waals surface area contributed by atoms with Gasteiger partial charge in [0, 0.05) is 23.9 Å². The highest BCUT2D eigenvalue weighted by Gasteiger charge is 2.25. The predicted octanol–water partition coefficient (Wildman–Crippen LogP) is 1.37. The lowest BCUT2D eigenvalue weighted by molar-refractivity contribution is -0.121. The Hall–Kier alpha value is -3.23. The van der Waals surface area contributed by atoms with E-state index in [4.69, 9.17) is 14.2 Å². The summed E-state index contributed by atoms with van der Waals surface area (Å²) in [6.45, 7) is -0.137. The average molecular weight is 402 g/mol. The minimum absolute atomic E-state index is 0.0852. The molecule has 9 nitrogen and oxygen atoms in total. The first-order valence-corrected chi connectivity index (χ1v) is 9.36. The third-order valence-corrected chi connectivity index (χ3v) is 5.05. The minimum Gasteiger partial charge on any atom is -0.493 e. The lowest BCUT2D eigenvalue weighted by atomic mass is 9.93. The van der Waals surface area contributed by atoms with Gasteiger partial charge in [-0.3, -0.25) is 14.3 Å². The summed E-state index contributed by atoms with van der Waals surface area (Å²) in [5, 5.41) is 9.89. The van der Waals surface area contributed by atoms with Crippen LogP contribution in [0, 0.1) is 0 Å². The Balaban J connectivity index is 1.63. The number of aryl methyl sites for hydroxylation is 1. The predicted molar refractivity (Wildman–Crippen MR) is 105 cm³/mol. The van der Waals surface area contributed by atoms with Gasteiger partial charge < -0.3 is 24.8 Å². The molecule has 0 spiro atoms. The number of carbonyl (C=O) groups is 2. The van der Waals surface area contributed by atoms with Gasteiger partial charge in [0.15, 0.2) is 11.5 Å². The van der Waals surface area contributed by atoms with Crippen LogP contribution in [0.5, 0.6) is 17.2 Å². The molecule has 3 rings (SSSR count). The summed E-state index contributed by atoms with van der Waals surface area (Å²) in [5.74, 6) is 0.465. The van der Waals surface area contributed by atoms with Crippen LogP contribution < -0.4 is 24.8 Å². The van der Waals surface area contributed by atoms with E-state index < -0.39 is 5.91 Å². The molecule has 1 aromatic heterocycles. The molecule has 156 valence electrons. The summed E-state index contributed by atoms with van der Waals surface area (Å²) < 4.78 is 17.6. The maximum absolute atomic E-state index is 12.5. The normalized spacial score (nSPS) is 15.2. The Bertz CT molecular complexity index is 883. The van der Waals surface area contributed by atoms with Crippen LogP contribution in [0.2, 0.25) is 0 Å². The van der Waals surface area contributed by atoms with Crippen molar-refractivity contribution in [2.45, 2.75) is 25.3 Å². The fourth-order valence-electron chi connectivity index (χ4n) is 3.58. The number of hydrogen-bond acceptors (Lipinski definition) is 6. The maximum Gasteiger partial charge on any atom is 0.251 e. The van der Waals surface area contributed by atoms with Crippen molar-refractivity contribution in [3.05, 3.63) is 35.2 Å². The van der Waals surface area contributed by atoms with Crippen molar-refractivity contribution in [1.82, 2.24) is 20.4 Å². The third-order valence-electron chi connectivity index (χ3n) is 5.05. The lowest BCUT2D eigenvalue weighted by Gasteiger charge is -2.23. The number of amides is 2. The Morgan fingerprint density at radius 2 is 1.86 bits per heavy atom. The van der Waals surface area contributed by atoms with Gasteiger partial charge in [0.05, 0.1) is 40.1 Å². The average Bonchev–Trinajstić information content (AvgIpc) is 3.12. The number of benzene rings is 1. The van der Waals surface area contributed by atoms with Crippen LogP contribution in [0.15, 0.2) is 18.3 Å². The van der Waals surface area contributed by atoms with Gasteiger partial charge in [-0.15, -0.1) is 0 Å². The summed E-state index contributed by atoms with van der Waals surface area (Å²) in [4.78, 5) is 24.9. The van der Waals surface area contributed by atoms with E-state index in [1.807, 2.05) is 11.7 Å². The number of aromatic nitrogens is 2. The molecule has 1 aromatic carbocycles. The number of fused-ring (bicyclic) bond motifs is 1. The van der Waals surface area contributed by atoms with Crippen LogP contribution in [0.3, 0.4) is 0 Å². The molecule has 2 N–H and O–H groups in total. The van der Waals surface area contributed by atoms with Gasteiger partial charge in [-0.2, -0.15) is 5.10 Å². The van der Waals surface area contributed by atoms with Crippen molar-refractivity contribution in [2.24, 2.45) is 7.05 Å². The molecule has 2 amide bonds. The molecule has 0 saturated heterocycles. The van der Waals surface area contributed by atoms with E-state index in [-0.39, 0.29) is 18.5 Å². The van der Waals surface area contributed by atoms with E-state index in [2.05, 4.69) is 15.7 Å². The second-order valence-corrected chi connectivity index (χ2v) is 6.78. The zero-order valence-corrected chi connectivity index (χ0v) is 17.1. The Labute approximate surface area is 169 Å². The zero-order chi connectivity index (χ0) is 21.0. The van der Waals surface area contributed by atoms with Crippen molar-refractivity contribution >= 4 is 11.8 Å². The van der Waals surface area contributed by atoms with E-state index in [1.165, 1.54) is 33.5 Å². The molecule has 1 unspecified atom stereocenters. The van der Waals surface area contributed by atoms with Crippen molar-refractivity contribution in [3.8, 4) is 17.2 Å². The molecule has 1 heterocycles. The van der Waals surface area contributed by atoms with E-state index >= 15 is 0 Å². The Morgan fingerprint density at radius 1 is 1.17 bits per heavy atom. The van der Waals surface area contributed by atoms with Crippen LogP contribution in [0.1, 0.15) is 40.5 Å². The van der Waals surface area contributed by atoms with Gasteiger partial charge in [-0.1, -0.05) is 0 Å². The number of methoxy groups -OCH3 is 3. The molecule has 1 atom stereocenters. The van der Waals surface area contributed by atoms with Crippen molar-refractivity contribution in [3.63, 3.8) is 0 Å². The highest BCUT2D eigenvalue weighted by molar-refractivity contribution is 5.97. The topological polar surface area (TPSA) is 104 Å². The standard InChI is InChI=1S/C20H26N4O5/c1-24-15-7-5-6-14(13(15)10-22-24)23-18(25)11-21-20(26)12-8-16(27-2)19(29-4)17(9-12)28-3/h8-10,14H,5-7,11H2,1-4H3,(H,21,26)(H,23,25). The number of nitrogens with zero attached hydrogens (tertiary/aromatic N) is 2. The summed E-state index contributed by atoms with van der Waals surface area (Å²) in [7, 11) is 6.34. The van der Waals surface area contributed by atoms with Gasteiger partial charge in [0.25, 0.3) is 5.91 Å². The van der Waals surface area contributed by atoms with E-state index in [0.29, 0.717) is 22.8 Å². The third kappa shape index (κ3) is 4.28.